The van der Waals surface area contributed by atoms with Crippen molar-refractivity contribution >= 4 is 69.1 Å². The summed E-state index contributed by atoms with van der Waals surface area (Å²) in [6.07, 6.45) is 9.03. The SMILES string of the molecule is CCCC/C=C/C=C/C=C/CCC(=O)SCCNC(=O)CCNC(=O)C(O)C(C)(C)COP(=O)(O)OP(=O)(O)OCC1OC(n2cnc3c(N)ncnc32)C(O)C1OP(=O)(O)O. The largest absolute Gasteiger partial charge is 0.481 e. The van der Waals surface area contributed by atoms with E-state index in [1.807, 2.05) is 30.4 Å². The van der Waals surface area contributed by atoms with Crippen molar-refractivity contribution in [3.05, 3.63) is 49.1 Å². The number of unbranched alkanes of at least 4 members (excludes halogenated alkanes) is 2. The van der Waals surface area contributed by atoms with Gasteiger partial charge in [-0.1, -0.05) is 81.8 Å². The summed E-state index contributed by atoms with van der Waals surface area (Å²) in [6, 6.07) is 0. The second-order valence-electron chi connectivity index (χ2n) is 14.2. The minimum Gasteiger partial charge on any atom is -0.386 e. The highest BCUT2D eigenvalue weighted by Gasteiger charge is 2.50. The van der Waals surface area contributed by atoms with Crippen molar-refractivity contribution in [2.45, 2.75) is 89.9 Å². The van der Waals surface area contributed by atoms with Crippen LogP contribution in [0.2, 0.25) is 0 Å². The number of amides is 2. The molecule has 348 valence electrons. The molecule has 7 atom stereocenters. The molecule has 1 aliphatic rings. The van der Waals surface area contributed by atoms with Gasteiger partial charge in [0.05, 0.1) is 19.5 Å². The highest BCUT2D eigenvalue weighted by molar-refractivity contribution is 8.13. The van der Waals surface area contributed by atoms with E-state index in [1.165, 1.54) is 13.8 Å². The van der Waals surface area contributed by atoms with Crippen LogP contribution in [0, 0.1) is 5.41 Å². The molecule has 28 heteroatoms. The zero-order chi connectivity index (χ0) is 46.1. The minimum atomic E-state index is -5.58. The van der Waals surface area contributed by atoms with Gasteiger partial charge in [0.2, 0.25) is 11.8 Å². The van der Waals surface area contributed by atoms with Crippen LogP contribution in [0.3, 0.4) is 0 Å². The molecule has 0 saturated carbocycles. The number of carbonyl (C=O) groups excluding carboxylic acids is 3. The number of aliphatic hydroxyl groups excluding tert-OH is 2. The van der Waals surface area contributed by atoms with Crippen molar-refractivity contribution in [3.63, 3.8) is 0 Å². The molecule has 1 saturated heterocycles. The molecule has 0 aromatic carbocycles. The number of fused-ring (bicyclic) bond motifs is 1. The summed E-state index contributed by atoms with van der Waals surface area (Å²) < 4.78 is 62.3. The number of phosphoric ester groups is 3. The summed E-state index contributed by atoms with van der Waals surface area (Å²) in [4.78, 5) is 88.0. The average molecular weight is 958 g/mol. The number of phosphoric acid groups is 3. The number of imidazole rings is 1. The lowest BCUT2D eigenvalue weighted by molar-refractivity contribution is -0.137. The zero-order valence-corrected chi connectivity index (χ0v) is 37.6. The molecule has 3 rings (SSSR count). The van der Waals surface area contributed by atoms with E-state index in [1.54, 1.807) is 0 Å². The number of aliphatic hydroxyl groups is 2. The van der Waals surface area contributed by atoms with Crippen molar-refractivity contribution in [2.75, 3.05) is 37.8 Å². The fraction of sp³-hybridized carbons (Fsp3) is 0.588. The minimum absolute atomic E-state index is 0.0238. The number of nitrogen functional groups attached to an aromatic ring is 1. The van der Waals surface area contributed by atoms with E-state index in [4.69, 9.17) is 19.5 Å². The van der Waals surface area contributed by atoms with E-state index in [-0.39, 0.29) is 41.6 Å². The second kappa shape index (κ2) is 24.7. The average Bonchev–Trinajstić information content (AvgIpc) is 3.75. The number of ether oxygens (including phenoxy) is 1. The van der Waals surface area contributed by atoms with E-state index in [0.29, 0.717) is 18.6 Å². The van der Waals surface area contributed by atoms with Crippen molar-refractivity contribution in [1.29, 1.82) is 0 Å². The zero-order valence-electron chi connectivity index (χ0n) is 34.1. The van der Waals surface area contributed by atoms with Crippen LogP contribution in [-0.4, -0.2) is 123 Å². The van der Waals surface area contributed by atoms with E-state index in [9.17, 15) is 57.9 Å². The fourth-order valence-corrected chi connectivity index (χ4v) is 8.89. The van der Waals surface area contributed by atoms with Crippen LogP contribution in [0.4, 0.5) is 5.82 Å². The van der Waals surface area contributed by atoms with Crippen molar-refractivity contribution in [2.24, 2.45) is 5.41 Å². The lowest BCUT2D eigenvalue weighted by atomic mass is 9.87. The molecular formula is C34H54N7O17P3S. The molecule has 0 spiro atoms. The van der Waals surface area contributed by atoms with Gasteiger partial charge in [-0.15, -0.1) is 0 Å². The number of nitrogens with one attached hydrogen (secondary N) is 2. The predicted octanol–water partition coefficient (Wildman–Crippen LogP) is 2.30. The maximum atomic E-state index is 12.7. The monoisotopic (exact) mass is 957 g/mol. The molecular weight excluding hydrogens is 903 g/mol. The maximum absolute atomic E-state index is 12.7. The summed E-state index contributed by atoms with van der Waals surface area (Å²) in [5.41, 5.74) is 4.26. The standard InChI is InChI=1S/C34H54N7O17P3S/c1-4-5-6-7-8-9-10-11-12-13-14-25(43)62-18-17-36-24(42)15-16-37-32(46)29(45)34(2,3)20-55-61(52,53)58-60(50,51)54-19-23-28(57-59(47,48)49)27(44)33(56-23)41-22-40-26-30(35)38-21-39-31(26)41/h7-12,21-23,27-29,33,44-45H,4-6,13-20H2,1-3H3,(H,36,42)(H,37,46)(H,50,51)(H,52,53)(H2,35,38,39)(H2,47,48,49)/b8-7+,10-9+,12-11+. The highest BCUT2D eigenvalue weighted by Crippen LogP contribution is 2.61. The molecule has 7 unspecified atom stereocenters. The van der Waals surface area contributed by atoms with Gasteiger partial charge in [0, 0.05) is 37.1 Å². The number of hydrogen-bond acceptors (Lipinski definition) is 18. The topological polar surface area (TPSA) is 364 Å². The molecule has 24 nitrogen and oxygen atoms in total. The Morgan fingerprint density at radius 3 is 2.34 bits per heavy atom. The van der Waals surface area contributed by atoms with Gasteiger partial charge in [-0.3, -0.25) is 32.5 Å². The Kier molecular flexibility index (Phi) is 21.2. The lowest BCUT2D eigenvalue weighted by Crippen LogP contribution is -2.46. The Labute approximate surface area is 361 Å². The lowest BCUT2D eigenvalue weighted by Gasteiger charge is -2.30. The number of hydrogen-bond donors (Lipinski definition) is 9. The third-order valence-corrected chi connectivity index (χ3v) is 12.6. The number of thioether (sulfide) groups is 1. The summed E-state index contributed by atoms with van der Waals surface area (Å²) in [5, 5.41) is 26.5. The molecule has 10 N–H and O–H groups in total. The van der Waals surface area contributed by atoms with Gasteiger partial charge in [0.25, 0.3) is 0 Å². The molecule has 0 bridgehead atoms. The molecule has 3 heterocycles. The van der Waals surface area contributed by atoms with Crippen LogP contribution < -0.4 is 16.4 Å². The number of carbonyl (C=O) groups is 3. The Bertz CT molecular complexity index is 2050. The third-order valence-electron chi connectivity index (χ3n) is 8.61. The van der Waals surface area contributed by atoms with Crippen LogP contribution in [-0.2, 0) is 50.7 Å². The van der Waals surface area contributed by atoms with Gasteiger partial charge in [0.15, 0.2) is 22.8 Å². The number of rotatable bonds is 27. The van der Waals surface area contributed by atoms with Crippen LogP contribution in [0.1, 0.15) is 65.5 Å². The van der Waals surface area contributed by atoms with Gasteiger partial charge in [0.1, 0.15) is 36.3 Å². The first-order valence-electron chi connectivity index (χ1n) is 19.1. The number of anilines is 1. The quantitative estimate of drug-likeness (QED) is 0.0352. The summed E-state index contributed by atoms with van der Waals surface area (Å²) in [7, 11) is -16.4. The molecule has 0 radical (unpaired) electrons. The second-order valence-corrected chi connectivity index (χ2v) is 19.6. The Morgan fingerprint density at radius 2 is 1.66 bits per heavy atom. The van der Waals surface area contributed by atoms with Crippen molar-refractivity contribution in [1.82, 2.24) is 30.2 Å². The normalized spacial score (nSPS) is 21.1. The molecule has 62 heavy (non-hydrogen) atoms. The van der Waals surface area contributed by atoms with Gasteiger partial charge >= 0.3 is 23.5 Å². The number of nitrogens with two attached hydrogens (primary N) is 1. The maximum Gasteiger partial charge on any atom is 0.481 e. The summed E-state index contributed by atoms with van der Waals surface area (Å²) in [6.45, 7) is 2.63. The Balaban J connectivity index is 1.39. The fourth-order valence-electron chi connectivity index (χ4n) is 5.37. The Morgan fingerprint density at radius 1 is 0.984 bits per heavy atom. The molecule has 1 aliphatic heterocycles. The number of aromatic nitrogens is 4. The van der Waals surface area contributed by atoms with Crippen LogP contribution in [0.15, 0.2) is 49.1 Å². The molecule has 2 aromatic heterocycles. The third kappa shape index (κ3) is 18.1. The van der Waals surface area contributed by atoms with Crippen LogP contribution >= 0.6 is 35.2 Å². The first-order valence-corrected chi connectivity index (χ1v) is 24.6. The predicted molar refractivity (Wildman–Crippen MR) is 223 cm³/mol. The Hall–Kier alpha value is -3.22. The van der Waals surface area contributed by atoms with Gasteiger partial charge < -0.3 is 50.9 Å². The number of nitrogens with zero attached hydrogens (tertiary/aromatic N) is 4. The van der Waals surface area contributed by atoms with E-state index >= 15 is 0 Å². The molecule has 0 aliphatic carbocycles. The van der Waals surface area contributed by atoms with Gasteiger partial charge in [-0.25, -0.2) is 28.6 Å². The first-order chi connectivity index (χ1) is 29.1. The van der Waals surface area contributed by atoms with Crippen LogP contribution in [0.25, 0.3) is 11.2 Å². The first kappa shape index (κ1) is 53.1. The van der Waals surface area contributed by atoms with E-state index in [0.717, 1.165) is 48.2 Å². The van der Waals surface area contributed by atoms with Crippen LogP contribution in [0.5, 0.6) is 0 Å². The number of allylic oxidation sites excluding steroid dienone is 6. The summed E-state index contributed by atoms with van der Waals surface area (Å²) >= 11 is 1.09. The molecule has 1 fully saturated rings. The van der Waals surface area contributed by atoms with E-state index < -0.39 is 84.6 Å². The smallest absolute Gasteiger partial charge is 0.386 e. The van der Waals surface area contributed by atoms with Crippen molar-refractivity contribution < 1.29 is 80.5 Å². The molecule has 2 amide bonds. The van der Waals surface area contributed by atoms with Crippen molar-refractivity contribution in [3.8, 4) is 0 Å². The highest BCUT2D eigenvalue weighted by atomic mass is 32.2. The molecule has 2 aromatic rings. The van der Waals surface area contributed by atoms with Gasteiger partial charge in [-0.05, 0) is 12.8 Å². The van der Waals surface area contributed by atoms with E-state index in [2.05, 4.69) is 47.4 Å². The summed E-state index contributed by atoms with van der Waals surface area (Å²) in [5.74, 6) is -1.11. The van der Waals surface area contributed by atoms with Gasteiger partial charge in [-0.2, -0.15) is 4.31 Å².